The van der Waals surface area contributed by atoms with Crippen molar-refractivity contribution in [2.45, 2.75) is 19.6 Å². The van der Waals surface area contributed by atoms with Crippen LogP contribution in [0.2, 0.25) is 0 Å². The Bertz CT molecular complexity index is 1550. The van der Waals surface area contributed by atoms with E-state index in [1.54, 1.807) is 12.1 Å². The normalized spacial score (nSPS) is 11.3. The Kier molecular flexibility index (Phi) is 6.07. The van der Waals surface area contributed by atoms with Gasteiger partial charge in [0.2, 0.25) is 0 Å². The van der Waals surface area contributed by atoms with Crippen molar-refractivity contribution in [3.8, 4) is 11.8 Å². The van der Waals surface area contributed by atoms with Crippen molar-refractivity contribution in [2.75, 3.05) is 5.32 Å². The number of hydrogen-bond donors (Lipinski definition) is 3. The summed E-state index contributed by atoms with van der Waals surface area (Å²) in [5.74, 6) is -2.14. The summed E-state index contributed by atoms with van der Waals surface area (Å²) in [4.78, 5) is 28.9. The number of pyridine rings is 1. The van der Waals surface area contributed by atoms with Crippen molar-refractivity contribution in [1.82, 2.24) is 14.8 Å². The zero-order valence-electron chi connectivity index (χ0n) is 18.6. The van der Waals surface area contributed by atoms with E-state index in [9.17, 15) is 27.9 Å². The summed E-state index contributed by atoms with van der Waals surface area (Å²) in [5.41, 5.74) is 4.08. The van der Waals surface area contributed by atoms with Crippen LogP contribution in [0.3, 0.4) is 0 Å². The number of aromatic nitrogens is 3. The van der Waals surface area contributed by atoms with Gasteiger partial charge >= 0.3 is 6.18 Å². The SMILES string of the molecule is Cc1c(NC(=O)c2cc(C(N)=O)nc3ccc(O)cc23)c(C(F)(F)F)nn1Cc1ccc(C#N)cc1. The maximum absolute atomic E-state index is 13.8. The van der Waals surface area contributed by atoms with Gasteiger partial charge in [-0.05, 0) is 48.9 Å². The quantitative estimate of drug-likeness (QED) is 0.385. The van der Waals surface area contributed by atoms with Crippen molar-refractivity contribution in [2.24, 2.45) is 5.73 Å². The van der Waals surface area contributed by atoms with Crippen LogP contribution in [0.5, 0.6) is 5.75 Å². The number of phenolic OH excluding ortho intramolecular Hbond substituents is 1. The van der Waals surface area contributed by atoms with Crippen LogP contribution >= 0.6 is 0 Å². The van der Waals surface area contributed by atoms with E-state index in [4.69, 9.17) is 11.0 Å². The number of phenols is 1. The van der Waals surface area contributed by atoms with E-state index >= 15 is 0 Å². The number of nitriles is 1. The van der Waals surface area contributed by atoms with Crippen molar-refractivity contribution in [3.05, 3.63) is 82.3 Å². The number of amides is 2. The third-order valence-electron chi connectivity index (χ3n) is 5.42. The highest BCUT2D eigenvalue weighted by Crippen LogP contribution is 2.36. The van der Waals surface area contributed by atoms with Gasteiger partial charge in [0.15, 0.2) is 5.69 Å². The molecule has 2 aromatic heterocycles. The molecule has 0 radical (unpaired) electrons. The first-order valence-electron chi connectivity index (χ1n) is 10.4. The molecule has 12 heteroatoms. The number of nitrogens with zero attached hydrogens (tertiary/aromatic N) is 4. The molecule has 0 unspecified atom stereocenters. The molecule has 0 aliphatic carbocycles. The Hall–Kier alpha value is -4.92. The highest BCUT2D eigenvalue weighted by Gasteiger charge is 2.39. The Morgan fingerprint density at radius 1 is 1.17 bits per heavy atom. The molecule has 0 saturated heterocycles. The van der Waals surface area contributed by atoms with Crippen molar-refractivity contribution >= 4 is 28.4 Å². The Labute approximate surface area is 201 Å². The van der Waals surface area contributed by atoms with Crippen LogP contribution in [-0.2, 0) is 12.7 Å². The van der Waals surface area contributed by atoms with Crippen molar-refractivity contribution < 1.29 is 27.9 Å². The Balaban J connectivity index is 1.77. The molecular formula is C24H17F3N6O3. The average molecular weight is 494 g/mol. The van der Waals surface area contributed by atoms with E-state index in [-0.39, 0.29) is 40.1 Å². The monoisotopic (exact) mass is 494 g/mol. The first-order chi connectivity index (χ1) is 17.0. The van der Waals surface area contributed by atoms with Crippen LogP contribution in [0.4, 0.5) is 18.9 Å². The first-order valence-corrected chi connectivity index (χ1v) is 10.4. The molecule has 182 valence electrons. The Morgan fingerprint density at radius 3 is 2.47 bits per heavy atom. The topological polar surface area (TPSA) is 147 Å². The molecule has 0 aliphatic rings. The molecule has 0 bridgehead atoms. The number of nitrogens with two attached hydrogens (primary N) is 1. The molecule has 2 heterocycles. The van der Waals surface area contributed by atoms with E-state index in [0.29, 0.717) is 11.1 Å². The number of aromatic hydroxyl groups is 1. The fourth-order valence-corrected chi connectivity index (χ4v) is 3.61. The minimum atomic E-state index is -4.89. The number of benzene rings is 2. The maximum atomic E-state index is 13.8. The molecule has 9 nitrogen and oxygen atoms in total. The maximum Gasteiger partial charge on any atom is 0.437 e. The summed E-state index contributed by atoms with van der Waals surface area (Å²) in [6.07, 6.45) is -4.89. The lowest BCUT2D eigenvalue weighted by Gasteiger charge is -2.12. The number of halogens is 3. The molecule has 4 aromatic rings. The third kappa shape index (κ3) is 4.67. The van der Waals surface area contributed by atoms with Crippen LogP contribution in [0.15, 0.2) is 48.5 Å². The lowest BCUT2D eigenvalue weighted by atomic mass is 10.1. The molecular weight excluding hydrogens is 477 g/mol. The second-order valence-electron chi connectivity index (χ2n) is 7.85. The second kappa shape index (κ2) is 9.03. The standard InChI is InChI=1S/C24H17F3N6O3/c1-12-20(21(24(25,26)27)32-33(12)11-14-4-2-13(10-28)3-5-14)31-23(36)17-9-19(22(29)35)30-18-7-6-15(34)8-16(17)18/h2-9,34H,11H2,1H3,(H2,29,35)(H,31,36). The van der Waals surface area contributed by atoms with Crippen molar-refractivity contribution in [1.29, 1.82) is 5.26 Å². The van der Waals surface area contributed by atoms with E-state index in [0.717, 1.165) is 10.7 Å². The van der Waals surface area contributed by atoms with Crippen LogP contribution in [0, 0.1) is 18.3 Å². The van der Waals surface area contributed by atoms with E-state index in [1.165, 1.54) is 37.3 Å². The summed E-state index contributed by atoms with van der Waals surface area (Å²) in [6, 6.07) is 13.1. The largest absolute Gasteiger partial charge is 0.508 e. The lowest BCUT2D eigenvalue weighted by molar-refractivity contribution is -0.140. The number of nitrogens with one attached hydrogen (secondary N) is 1. The van der Waals surface area contributed by atoms with E-state index < -0.39 is 29.4 Å². The van der Waals surface area contributed by atoms with Crippen LogP contribution in [0.1, 0.15) is 43.4 Å². The van der Waals surface area contributed by atoms with Gasteiger partial charge in [0.1, 0.15) is 11.4 Å². The summed E-state index contributed by atoms with van der Waals surface area (Å²) in [5, 5.41) is 24.8. The van der Waals surface area contributed by atoms with Crippen molar-refractivity contribution in [3.63, 3.8) is 0 Å². The molecule has 4 N–H and O–H groups in total. The minimum Gasteiger partial charge on any atom is -0.508 e. The van der Waals surface area contributed by atoms with E-state index in [2.05, 4.69) is 15.4 Å². The number of carbonyl (C=O) groups excluding carboxylic acids is 2. The average Bonchev–Trinajstić information content (AvgIpc) is 3.14. The van der Waals surface area contributed by atoms with Gasteiger partial charge in [0.25, 0.3) is 11.8 Å². The molecule has 36 heavy (non-hydrogen) atoms. The number of rotatable bonds is 5. The van der Waals surface area contributed by atoms with Gasteiger partial charge in [-0.3, -0.25) is 14.3 Å². The highest BCUT2D eigenvalue weighted by atomic mass is 19.4. The fraction of sp³-hybridized carbons (Fsp3) is 0.125. The number of anilines is 1. The van der Waals surface area contributed by atoms with Gasteiger partial charge in [-0.1, -0.05) is 12.1 Å². The van der Waals surface area contributed by atoms with Gasteiger partial charge in [-0.15, -0.1) is 0 Å². The molecule has 4 rings (SSSR count). The van der Waals surface area contributed by atoms with Crippen LogP contribution in [0.25, 0.3) is 10.9 Å². The second-order valence-corrected chi connectivity index (χ2v) is 7.85. The number of fused-ring (bicyclic) bond motifs is 1. The lowest BCUT2D eigenvalue weighted by Crippen LogP contribution is -2.19. The number of alkyl halides is 3. The first kappa shape index (κ1) is 24.2. The highest BCUT2D eigenvalue weighted by molar-refractivity contribution is 6.14. The predicted molar refractivity (Wildman–Crippen MR) is 122 cm³/mol. The minimum absolute atomic E-state index is 0.0244. The van der Waals surface area contributed by atoms with Gasteiger partial charge in [-0.2, -0.15) is 23.5 Å². The van der Waals surface area contributed by atoms with E-state index in [1.807, 2.05) is 6.07 Å². The number of carbonyl (C=O) groups is 2. The number of hydrogen-bond acceptors (Lipinski definition) is 6. The molecule has 2 aromatic carbocycles. The Morgan fingerprint density at radius 2 is 1.86 bits per heavy atom. The van der Waals surface area contributed by atoms with Gasteiger partial charge in [0, 0.05) is 5.39 Å². The molecule has 0 fully saturated rings. The molecule has 2 amide bonds. The fourth-order valence-electron chi connectivity index (χ4n) is 3.61. The number of primary amides is 1. The molecule has 0 atom stereocenters. The summed E-state index contributed by atoms with van der Waals surface area (Å²) >= 11 is 0. The van der Waals surface area contributed by atoms with Gasteiger partial charge in [-0.25, -0.2) is 4.98 Å². The predicted octanol–water partition coefficient (Wildman–Crippen LogP) is 3.74. The van der Waals surface area contributed by atoms with Gasteiger partial charge in [0.05, 0.1) is 40.6 Å². The summed E-state index contributed by atoms with van der Waals surface area (Å²) in [7, 11) is 0. The van der Waals surface area contributed by atoms with Crippen LogP contribution < -0.4 is 11.1 Å². The summed E-state index contributed by atoms with van der Waals surface area (Å²) in [6.45, 7) is 1.32. The van der Waals surface area contributed by atoms with Gasteiger partial charge < -0.3 is 16.2 Å². The smallest absolute Gasteiger partial charge is 0.437 e. The molecule has 0 spiro atoms. The summed E-state index contributed by atoms with van der Waals surface area (Å²) < 4.78 is 42.6. The zero-order chi connectivity index (χ0) is 26.2. The molecule has 0 aliphatic heterocycles. The third-order valence-corrected chi connectivity index (χ3v) is 5.42. The van der Waals surface area contributed by atoms with Crippen LogP contribution in [-0.4, -0.2) is 31.7 Å². The molecule has 0 saturated carbocycles. The zero-order valence-corrected chi connectivity index (χ0v) is 18.6.